The van der Waals surface area contributed by atoms with Gasteiger partial charge in [-0.1, -0.05) is 68.3 Å². The molecule has 1 heterocycles. The smallest absolute Gasteiger partial charge is 0.00773 e. The molecule has 2 N–H and O–H groups in total. The van der Waals surface area contributed by atoms with Crippen molar-refractivity contribution >= 4 is 11.3 Å². The molecular formula is C15H23NS. The van der Waals surface area contributed by atoms with E-state index in [2.05, 4.69) is 6.92 Å². The Kier molecular flexibility index (Phi) is 13.9. The van der Waals surface area contributed by atoms with Gasteiger partial charge in [0.15, 0.2) is 0 Å². The molecule has 1 aromatic heterocycles. The van der Waals surface area contributed by atoms with Crippen LogP contribution in [0.5, 0.6) is 0 Å². The number of benzene rings is 1. The molecule has 1 aromatic carbocycles. The fourth-order valence-electron chi connectivity index (χ4n) is 1.01. The Balaban J connectivity index is 0.000000227. The monoisotopic (exact) mass is 249 g/mol. The molecule has 0 amide bonds. The highest BCUT2D eigenvalue weighted by atomic mass is 32.1. The van der Waals surface area contributed by atoms with Gasteiger partial charge in [-0.25, -0.2) is 0 Å². The van der Waals surface area contributed by atoms with Crippen molar-refractivity contribution in [3.8, 4) is 0 Å². The van der Waals surface area contributed by atoms with Crippen LogP contribution in [0.25, 0.3) is 0 Å². The van der Waals surface area contributed by atoms with E-state index in [-0.39, 0.29) is 0 Å². The van der Waals surface area contributed by atoms with Crippen LogP contribution < -0.4 is 5.73 Å². The minimum atomic E-state index is 0.855. The second kappa shape index (κ2) is 14.9. The van der Waals surface area contributed by atoms with E-state index in [0.717, 1.165) is 6.54 Å². The standard InChI is InChI=1S/C6H6.C5H13N.C4H4S/c1-2-4-6-5-3-1;1-2-3-4-5-6;1-2-4-5-3-1/h1-6H;2-6H2,1H3;1-4H. The van der Waals surface area contributed by atoms with Crippen LogP contribution in [0.3, 0.4) is 0 Å². The molecule has 94 valence electrons. The summed E-state index contributed by atoms with van der Waals surface area (Å²) in [6, 6.07) is 16.0. The van der Waals surface area contributed by atoms with Crippen LogP contribution in [0.4, 0.5) is 0 Å². The molecule has 1 nitrogen and oxygen atoms in total. The van der Waals surface area contributed by atoms with E-state index >= 15 is 0 Å². The van der Waals surface area contributed by atoms with Crippen molar-refractivity contribution in [3.63, 3.8) is 0 Å². The van der Waals surface area contributed by atoms with Crippen LogP contribution in [-0.2, 0) is 0 Å². The summed E-state index contributed by atoms with van der Waals surface area (Å²) in [7, 11) is 0. The lowest BCUT2D eigenvalue weighted by Crippen LogP contribution is -1.96. The first kappa shape index (κ1) is 15.9. The minimum absolute atomic E-state index is 0.855. The second-order valence-corrected chi connectivity index (χ2v) is 4.26. The van der Waals surface area contributed by atoms with Crippen molar-refractivity contribution in [2.24, 2.45) is 5.73 Å². The van der Waals surface area contributed by atoms with Gasteiger partial charge in [0.1, 0.15) is 0 Å². The summed E-state index contributed by atoms with van der Waals surface area (Å²) in [5.41, 5.74) is 5.21. The largest absolute Gasteiger partial charge is 0.330 e. The topological polar surface area (TPSA) is 26.0 Å². The van der Waals surface area contributed by atoms with Gasteiger partial charge >= 0.3 is 0 Å². The molecule has 0 aliphatic heterocycles. The summed E-state index contributed by atoms with van der Waals surface area (Å²) >= 11 is 1.71. The molecule has 0 bridgehead atoms. The third-order valence-corrected chi connectivity index (χ3v) is 2.53. The molecule has 0 spiro atoms. The Morgan fingerprint density at radius 2 is 1.24 bits per heavy atom. The van der Waals surface area contributed by atoms with Gasteiger partial charge in [-0.2, -0.15) is 11.3 Å². The van der Waals surface area contributed by atoms with Crippen LogP contribution in [0, 0.1) is 0 Å². The Hall–Kier alpha value is -1.12. The molecule has 2 aromatic rings. The normalized spacial score (nSPS) is 8.35. The summed E-state index contributed by atoms with van der Waals surface area (Å²) < 4.78 is 0. The zero-order valence-electron chi connectivity index (χ0n) is 10.6. The Morgan fingerprint density at radius 3 is 1.41 bits per heavy atom. The van der Waals surface area contributed by atoms with Crippen molar-refractivity contribution in [2.75, 3.05) is 6.54 Å². The van der Waals surface area contributed by atoms with Crippen LogP contribution in [0.2, 0.25) is 0 Å². The van der Waals surface area contributed by atoms with E-state index in [4.69, 9.17) is 5.73 Å². The molecule has 0 saturated heterocycles. The van der Waals surface area contributed by atoms with E-state index in [1.54, 1.807) is 11.3 Å². The predicted molar refractivity (Wildman–Crippen MR) is 79.3 cm³/mol. The van der Waals surface area contributed by atoms with Gasteiger partial charge in [0.25, 0.3) is 0 Å². The molecule has 0 radical (unpaired) electrons. The van der Waals surface area contributed by atoms with E-state index in [9.17, 15) is 0 Å². The number of rotatable bonds is 3. The van der Waals surface area contributed by atoms with Crippen LogP contribution in [0.1, 0.15) is 26.2 Å². The highest BCUT2D eigenvalue weighted by molar-refractivity contribution is 7.07. The molecule has 0 unspecified atom stereocenters. The van der Waals surface area contributed by atoms with Crippen molar-refractivity contribution in [2.45, 2.75) is 26.2 Å². The third kappa shape index (κ3) is 14.9. The third-order valence-electron chi connectivity index (χ3n) is 1.90. The maximum atomic E-state index is 5.21. The summed E-state index contributed by atoms with van der Waals surface area (Å²) in [5, 5.41) is 4.08. The molecule has 0 fully saturated rings. The van der Waals surface area contributed by atoms with Gasteiger partial charge in [-0.15, -0.1) is 0 Å². The van der Waals surface area contributed by atoms with Gasteiger partial charge in [0, 0.05) is 0 Å². The second-order valence-electron chi connectivity index (χ2n) is 3.44. The van der Waals surface area contributed by atoms with E-state index < -0.39 is 0 Å². The van der Waals surface area contributed by atoms with Crippen molar-refractivity contribution in [1.29, 1.82) is 0 Å². The van der Waals surface area contributed by atoms with E-state index in [0.29, 0.717) is 0 Å². The summed E-state index contributed by atoms with van der Waals surface area (Å²) in [6.45, 7) is 3.03. The SMILES string of the molecule is CCCCCN.c1ccccc1.c1ccsc1. The minimum Gasteiger partial charge on any atom is -0.330 e. The highest BCUT2D eigenvalue weighted by Crippen LogP contribution is 1.91. The van der Waals surface area contributed by atoms with Gasteiger partial charge in [-0.3, -0.25) is 0 Å². The molecular weight excluding hydrogens is 226 g/mol. The molecule has 2 rings (SSSR count). The summed E-state index contributed by atoms with van der Waals surface area (Å²) in [6.07, 6.45) is 3.75. The van der Waals surface area contributed by atoms with E-state index in [1.165, 1.54) is 19.3 Å². The molecule has 2 heteroatoms. The average molecular weight is 249 g/mol. The Labute approximate surface area is 109 Å². The first-order valence-electron chi connectivity index (χ1n) is 6.09. The summed E-state index contributed by atoms with van der Waals surface area (Å²) in [5.74, 6) is 0. The lowest BCUT2D eigenvalue weighted by atomic mass is 10.3. The van der Waals surface area contributed by atoms with Crippen molar-refractivity contribution in [1.82, 2.24) is 0 Å². The molecule has 0 aliphatic rings. The zero-order chi connectivity index (χ0) is 12.6. The van der Waals surface area contributed by atoms with Crippen LogP contribution >= 0.6 is 11.3 Å². The average Bonchev–Trinajstić information content (AvgIpc) is 2.98. The lowest BCUT2D eigenvalue weighted by molar-refractivity contribution is 0.727. The number of unbranched alkanes of at least 4 members (excludes halogenated alkanes) is 2. The first-order valence-corrected chi connectivity index (χ1v) is 7.03. The molecule has 0 saturated carbocycles. The number of nitrogens with two attached hydrogens (primary N) is 1. The number of hydrogen-bond donors (Lipinski definition) is 1. The summed E-state index contributed by atoms with van der Waals surface area (Å²) in [4.78, 5) is 0. The number of thiophene rings is 1. The maximum absolute atomic E-state index is 5.21. The molecule has 17 heavy (non-hydrogen) atoms. The van der Waals surface area contributed by atoms with Crippen LogP contribution in [-0.4, -0.2) is 6.54 Å². The van der Waals surface area contributed by atoms with Gasteiger partial charge < -0.3 is 5.73 Å². The van der Waals surface area contributed by atoms with Crippen molar-refractivity contribution < 1.29 is 0 Å². The fraction of sp³-hybridized carbons (Fsp3) is 0.333. The maximum Gasteiger partial charge on any atom is -0.00773 e. The van der Waals surface area contributed by atoms with Crippen LogP contribution in [0.15, 0.2) is 59.3 Å². The van der Waals surface area contributed by atoms with Gasteiger partial charge in [0.2, 0.25) is 0 Å². The predicted octanol–water partition coefficient (Wildman–Crippen LogP) is 4.57. The number of hydrogen-bond acceptors (Lipinski definition) is 2. The van der Waals surface area contributed by atoms with Gasteiger partial charge in [-0.05, 0) is 23.7 Å². The van der Waals surface area contributed by atoms with Crippen molar-refractivity contribution in [3.05, 3.63) is 59.3 Å². The Morgan fingerprint density at radius 1 is 0.765 bits per heavy atom. The quantitative estimate of drug-likeness (QED) is 0.792. The zero-order valence-corrected chi connectivity index (χ0v) is 11.4. The lowest BCUT2D eigenvalue weighted by Gasteiger charge is -1.86. The molecule has 0 atom stereocenters. The molecule has 0 aliphatic carbocycles. The fourth-order valence-corrected chi connectivity index (χ4v) is 1.46. The van der Waals surface area contributed by atoms with Gasteiger partial charge in [0.05, 0.1) is 0 Å². The Bertz CT molecular complexity index is 244. The first-order chi connectivity index (χ1) is 8.41. The van der Waals surface area contributed by atoms with E-state index in [1.807, 2.05) is 59.3 Å². The highest BCUT2D eigenvalue weighted by Gasteiger charge is 1.75.